The number of hydrogen-bond donors (Lipinski definition) is 2. The Labute approximate surface area is 155 Å². The molecule has 126 valence electrons. The van der Waals surface area contributed by atoms with E-state index in [1.54, 1.807) is 7.05 Å². The lowest BCUT2D eigenvalue weighted by atomic mass is 10.1. The lowest BCUT2D eigenvalue weighted by Gasteiger charge is -2.14. The van der Waals surface area contributed by atoms with Crippen LogP contribution in [0.2, 0.25) is 0 Å². The lowest BCUT2D eigenvalue weighted by molar-refractivity contribution is 0.121. The molecule has 0 saturated heterocycles. The second-order valence-electron chi connectivity index (χ2n) is 4.67. The van der Waals surface area contributed by atoms with E-state index in [4.69, 9.17) is 4.74 Å². The van der Waals surface area contributed by atoms with Crippen molar-refractivity contribution in [2.45, 2.75) is 26.5 Å². The van der Waals surface area contributed by atoms with Gasteiger partial charge in [-0.1, -0.05) is 31.2 Å². The Morgan fingerprint density at radius 3 is 2.59 bits per heavy atom. The van der Waals surface area contributed by atoms with Crippen LogP contribution in [-0.4, -0.2) is 38.2 Å². The molecule has 1 rings (SSSR count). The molecular weight excluding hydrogens is 409 g/mol. The summed E-state index contributed by atoms with van der Waals surface area (Å²) in [5.74, 6) is 1.91. The molecule has 0 heterocycles. The van der Waals surface area contributed by atoms with Crippen molar-refractivity contribution in [3.8, 4) is 0 Å². The topological polar surface area (TPSA) is 45.6 Å². The summed E-state index contributed by atoms with van der Waals surface area (Å²) >= 11 is 1.82. The first-order chi connectivity index (χ1) is 10.3. The fraction of sp³-hybridized carbons (Fsp3) is 0.562. The number of ether oxygens (including phenoxy) is 1. The molecular formula is C16H28IN3OS. The van der Waals surface area contributed by atoms with Gasteiger partial charge in [-0.2, -0.15) is 11.8 Å². The summed E-state index contributed by atoms with van der Waals surface area (Å²) in [5.41, 5.74) is 2.49. The highest BCUT2D eigenvalue weighted by Gasteiger charge is 2.03. The molecule has 6 heteroatoms. The van der Waals surface area contributed by atoms with Gasteiger partial charge in [-0.3, -0.25) is 4.99 Å². The van der Waals surface area contributed by atoms with Crippen molar-refractivity contribution in [2.75, 3.05) is 32.2 Å². The number of guanidine groups is 1. The van der Waals surface area contributed by atoms with E-state index in [1.165, 1.54) is 11.1 Å². The predicted octanol–water partition coefficient (Wildman–Crippen LogP) is 3.26. The van der Waals surface area contributed by atoms with E-state index in [0.29, 0.717) is 6.61 Å². The first kappa shape index (κ1) is 21.5. The molecule has 0 aliphatic carbocycles. The highest BCUT2D eigenvalue weighted by molar-refractivity contribution is 14.0. The third-order valence-corrected chi connectivity index (χ3v) is 3.61. The zero-order valence-corrected chi connectivity index (χ0v) is 16.9. The first-order valence-electron chi connectivity index (χ1n) is 7.39. The molecule has 0 aliphatic rings. The second kappa shape index (κ2) is 14.1. The van der Waals surface area contributed by atoms with Gasteiger partial charge in [-0.05, 0) is 23.8 Å². The number of rotatable bonds is 9. The van der Waals surface area contributed by atoms with Crippen LogP contribution in [-0.2, 0) is 17.9 Å². The Bertz CT molecular complexity index is 430. The first-order valence-corrected chi connectivity index (χ1v) is 8.79. The minimum absolute atomic E-state index is 0. The van der Waals surface area contributed by atoms with Gasteiger partial charge in [0.15, 0.2) is 5.96 Å². The van der Waals surface area contributed by atoms with Crippen LogP contribution in [0, 0.1) is 0 Å². The van der Waals surface area contributed by atoms with Gasteiger partial charge in [0, 0.05) is 32.5 Å². The fourth-order valence-corrected chi connectivity index (χ4v) is 2.17. The summed E-state index contributed by atoms with van der Waals surface area (Å²) in [6.07, 6.45) is 3.15. The Morgan fingerprint density at radius 1 is 1.23 bits per heavy atom. The number of aliphatic imine (C=N–C) groups is 1. The molecule has 0 unspecified atom stereocenters. The average Bonchev–Trinajstić information content (AvgIpc) is 2.52. The SMILES string of the molecule is CCCOCc1ccccc1CNC(=NC)NCCSC.I. The van der Waals surface area contributed by atoms with E-state index in [9.17, 15) is 0 Å². The second-order valence-corrected chi connectivity index (χ2v) is 5.65. The van der Waals surface area contributed by atoms with Crippen molar-refractivity contribution in [1.82, 2.24) is 10.6 Å². The number of hydrogen-bond acceptors (Lipinski definition) is 3. The van der Waals surface area contributed by atoms with Crippen LogP contribution in [0.15, 0.2) is 29.3 Å². The molecule has 0 aromatic heterocycles. The van der Waals surface area contributed by atoms with Crippen LogP contribution < -0.4 is 10.6 Å². The van der Waals surface area contributed by atoms with Crippen molar-refractivity contribution in [3.05, 3.63) is 35.4 Å². The van der Waals surface area contributed by atoms with E-state index in [1.807, 2.05) is 11.8 Å². The maximum atomic E-state index is 5.65. The van der Waals surface area contributed by atoms with Crippen molar-refractivity contribution in [1.29, 1.82) is 0 Å². The highest BCUT2D eigenvalue weighted by atomic mass is 127. The molecule has 4 nitrogen and oxygen atoms in total. The van der Waals surface area contributed by atoms with Gasteiger partial charge >= 0.3 is 0 Å². The summed E-state index contributed by atoms with van der Waals surface area (Å²) in [6.45, 7) is 5.27. The van der Waals surface area contributed by atoms with Crippen molar-refractivity contribution >= 4 is 41.7 Å². The quantitative estimate of drug-likeness (QED) is 0.270. The van der Waals surface area contributed by atoms with Crippen molar-refractivity contribution < 1.29 is 4.74 Å². The van der Waals surface area contributed by atoms with Gasteiger partial charge in [-0.25, -0.2) is 0 Å². The Balaban J connectivity index is 0.00000441. The van der Waals surface area contributed by atoms with Gasteiger partial charge in [0.1, 0.15) is 0 Å². The minimum atomic E-state index is 0. The molecule has 0 amide bonds. The minimum Gasteiger partial charge on any atom is -0.377 e. The van der Waals surface area contributed by atoms with Crippen LogP contribution in [0.1, 0.15) is 24.5 Å². The average molecular weight is 437 g/mol. The van der Waals surface area contributed by atoms with Crippen LogP contribution in [0.4, 0.5) is 0 Å². The van der Waals surface area contributed by atoms with Crippen LogP contribution >= 0.6 is 35.7 Å². The predicted molar refractivity (Wildman–Crippen MR) is 108 cm³/mol. The van der Waals surface area contributed by atoms with Gasteiger partial charge in [0.05, 0.1) is 6.61 Å². The summed E-state index contributed by atoms with van der Waals surface area (Å²) < 4.78 is 5.65. The standard InChI is InChI=1S/C16H27N3OS.HI/c1-4-10-20-13-15-8-6-5-7-14(15)12-19-16(17-2)18-9-11-21-3;/h5-8H,4,9-13H2,1-3H3,(H2,17,18,19);1H. The van der Waals surface area contributed by atoms with Gasteiger partial charge < -0.3 is 15.4 Å². The third-order valence-electron chi connectivity index (χ3n) is 2.99. The Hall–Kier alpha value is -0.470. The molecule has 0 saturated carbocycles. The van der Waals surface area contributed by atoms with Gasteiger partial charge in [0.25, 0.3) is 0 Å². The summed E-state index contributed by atoms with van der Waals surface area (Å²) in [7, 11) is 1.80. The lowest BCUT2D eigenvalue weighted by Crippen LogP contribution is -2.38. The highest BCUT2D eigenvalue weighted by Crippen LogP contribution is 2.10. The molecule has 0 bridgehead atoms. The normalized spacial score (nSPS) is 11.0. The molecule has 1 aromatic carbocycles. The Morgan fingerprint density at radius 2 is 1.95 bits per heavy atom. The molecule has 2 N–H and O–H groups in total. The van der Waals surface area contributed by atoms with E-state index in [-0.39, 0.29) is 24.0 Å². The molecule has 0 fully saturated rings. The maximum absolute atomic E-state index is 5.65. The van der Waals surface area contributed by atoms with Crippen molar-refractivity contribution in [2.24, 2.45) is 4.99 Å². The van der Waals surface area contributed by atoms with E-state index in [0.717, 1.165) is 37.8 Å². The smallest absolute Gasteiger partial charge is 0.191 e. The number of thioether (sulfide) groups is 1. The largest absolute Gasteiger partial charge is 0.377 e. The summed E-state index contributed by atoms with van der Waals surface area (Å²) in [4.78, 5) is 4.23. The maximum Gasteiger partial charge on any atom is 0.191 e. The molecule has 0 atom stereocenters. The van der Waals surface area contributed by atoms with Gasteiger partial charge in [-0.15, -0.1) is 24.0 Å². The molecule has 22 heavy (non-hydrogen) atoms. The molecule has 0 radical (unpaired) electrons. The zero-order chi connectivity index (χ0) is 15.3. The van der Waals surface area contributed by atoms with E-state index >= 15 is 0 Å². The summed E-state index contributed by atoms with van der Waals surface area (Å²) in [5, 5.41) is 6.65. The van der Waals surface area contributed by atoms with Crippen LogP contribution in [0.3, 0.4) is 0 Å². The van der Waals surface area contributed by atoms with E-state index in [2.05, 4.69) is 53.1 Å². The summed E-state index contributed by atoms with van der Waals surface area (Å²) in [6, 6.07) is 8.37. The monoisotopic (exact) mass is 437 g/mol. The molecule has 0 aliphatic heterocycles. The fourth-order valence-electron chi connectivity index (χ4n) is 1.87. The Kier molecular flexibility index (Phi) is 13.8. The number of benzene rings is 1. The number of nitrogens with zero attached hydrogens (tertiary/aromatic N) is 1. The third kappa shape index (κ3) is 8.85. The number of nitrogens with one attached hydrogen (secondary N) is 2. The van der Waals surface area contributed by atoms with E-state index < -0.39 is 0 Å². The molecule has 1 aromatic rings. The van der Waals surface area contributed by atoms with Crippen LogP contribution in [0.5, 0.6) is 0 Å². The number of halogens is 1. The van der Waals surface area contributed by atoms with Gasteiger partial charge in [0.2, 0.25) is 0 Å². The van der Waals surface area contributed by atoms with Crippen molar-refractivity contribution in [3.63, 3.8) is 0 Å². The zero-order valence-electron chi connectivity index (χ0n) is 13.7. The molecule has 0 spiro atoms. The van der Waals surface area contributed by atoms with Crippen LogP contribution in [0.25, 0.3) is 0 Å².